The van der Waals surface area contributed by atoms with Gasteiger partial charge in [0.05, 0.1) is 12.1 Å². The summed E-state index contributed by atoms with van der Waals surface area (Å²) in [5.41, 5.74) is -0.767. The highest BCUT2D eigenvalue weighted by atomic mass is 16.3. The molecule has 0 aromatic rings. The van der Waals surface area contributed by atoms with Gasteiger partial charge in [0.25, 0.3) is 0 Å². The molecule has 0 aliphatic carbocycles. The molecule has 2 N–H and O–H groups in total. The van der Waals surface area contributed by atoms with E-state index in [9.17, 15) is 9.90 Å². The third kappa shape index (κ3) is 5.94. The van der Waals surface area contributed by atoms with Crippen molar-refractivity contribution in [1.82, 2.24) is 10.2 Å². The molecule has 0 aromatic heterocycles. The lowest BCUT2D eigenvalue weighted by Gasteiger charge is -2.23. The summed E-state index contributed by atoms with van der Waals surface area (Å²) in [6, 6.07) is 0.214. The van der Waals surface area contributed by atoms with Crippen LogP contribution in [-0.4, -0.2) is 47.7 Å². The van der Waals surface area contributed by atoms with Crippen molar-refractivity contribution in [1.29, 1.82) is 0 Å². The summed E-state index contributed by atoms with van der Waals surface area (Å²) < 4.78 is 0. The molecule has 4 heteroatoms. The highest BCUT2D eigenvalue weighted by molar-refractivity contribution is 5.78. The largest absolute Gasteiger partial charge is 0.389 e. The minimum absolute atomic E-state index is 0.0456. The van der Waals surface area contributed by atoms with Crippen molar-refractivity contribution >= 4 is 5.91 Å². The number of amides is 1. The summed E-state index contributed by atoms with van der Waals surface area (Å²) >= 11 is 0. The molecule has 0 aliphatic rings. The lowest BCUT2D eigenvalue weighted by atomic mass is 10.1. The summed E-state index contributed by atoms with van der Waals surface area (Å²) in [6.07, 6.45) is 0. The van der Waals surface area contributed by atoms with E-state index >= 15 is 0 Å². The second-order valence-electron chi connectivity index (χ2n) is 4.51. The molecule has 0 atom stereocenters. The molecule has 0 heterocycles. The number of carbonyl (C=O) groups excluding carboxylic acids is 1. The number of hydrogen-bond acceptors (Lipinski definition) is 3. The molecule has 0 rings (SSSR count). The van der Waals surface area contributed by atoms with Gasteiger partial charge in [-0.15, -0.1) is 0 Å². The van der Waals surface area contributed by atoms with Gasteiger partial charge in [-0.1, -0.05) is 0 Å². The molecular weight excluding hydrogens is 180 g/mol. The van der Waals surface area contributed by atoms with Crippen molar-refractivity contribution in [2.75, 3.05) is 20.1 Å². The third-order valence-electron chi connectivity index (χ3n) is 2.00. The number of likely N-dealkylation sites (N-methyl/N-ethyl adjacent to an activating group) is 1. The van der Waals surface area contributed by atoms with Gasteiger partial charge in [0.15, 0.2) is 0 Å². The molecule has 0 bridgehead atoms. The maximum absolute atomic E-state index is 11.5. The minimum Gasteiger partial charge on any atom is -0.389 e. The maximum atomic E-state index is 11.5. The first-order valence-corrected chi connectivity index (χ1v) is 4.93. The van der Waals surface area contributed by atoms with E-state index in [1.165, 1.54) is 0 Å². The van der Waals surface area contributed by atoms with E-state index in [2.05, 4.69) is 5.32 Å². The fourth-order valence-electron chi connectivity index (χ4n) is 0.888. The van der Waals surface area contributed by atoms with Gasteiger partial charge in [0.2, 0.25) is 5.91 Å². The summed E-state index contributed by atoms with van der Waals surface area (Å²) in [5.74, 6) is 0.0456. The van der Waals surface area contributed by atoms with Crippen molar-refractivity contribution in [3.05, 3.63) is 0 Å². The minimum atomic E-state index is -0.767. The number of rotatable bonds is 5. The number of carbonyl (C=O) groups is 1. The predicted octanol–water partition coefficient (Wildman–Crippen LogP) is 0.214. The van der Waals surface area contributed by atoms with Crippen LogP contribution in [0.3, 0.4) is 0 Å². The summed E-state index contributed by atoms with van der Waals surface area (Å²) in [6.45, 7) is 8.04. The number of nitrogens with zero attached hydrogens (tertiary/aromatic N) is 1. The Kier molecular flexibility index (Phi) is 5.08. The van der Waals surface area contributed by atoms with Crippen LogP contribution in [0.4, 0.5) is 0 Å². The molecule has 4 nitrogen and oxygen atoms in total. The van der Waals surface area contributed by atoms with Crippen LogP contribution in [0, 0.1) is 0 Å². The quantitative estimate of drug-likeness (QED) is 0.670. The molecule has 1 amide bonds. The van der Waals surface area contributed by atoms with Crippen LogP contribution in [0.25, 0.3) is 0 Å². The van der Waals surface area contributed by atoms with E-state index in [1.807, 2.05) is 13.8 Å². The highest BCUT2D eigenvalue weighted by Gasteiger charge is 2.15. The van der Waals surface area contributed by atoms with E-state index in [0.717, 1.165) is 0 Å². The molecule has 0 saturated carbocycles. The first-order chi connectivity index (χ1) is 6.24. The van der Waals surface area contributed by atoms with Crippen LogP contribution in [0.15, 0.2) is 0 Å². The van der Waals surface area contributed by atoms with Crippen LogP contribution in [-0.2, 0) is 4.79 Å². The average Bonchev–Trinajstić information content (AvgIpc) is 2.00. The molecule has 0 saturated heterocycles. The predicted molar refractivity (Wildman–Crippen MR) is 57.1 cm³/mol. The molecule has 84 valence electrons. The molecule has 14 heavy (non-hydrogen) atoms. The van der Waals surface area contributed by atoms with Gasteiger partial charge >= 0.3 is 0 Å². The zero-order valence-electron chi connectivity index (χ0n) is 9.79. The third-order valence-corrected chi connectivity index (χ3v) is 2.00. The van der Waals surface area contributed by atoms with E-state index in [-0.39, 0.29) is 18.5 Å². The Morgan fingerprint density at radius 2 is 2.00 bits per heavy atom. The van der Waals surface area contributed by atoms with Gasteiger partial charge < -0.3 is 15.3 Å². The van der Waals surface area contributed by atoms with Crippen LogP contribution < -0.4 is 5.32 Å². The summed E-state index contributed by atoms with van der Waals surface area (Å²) in [5, 5.41) is 12.3. The Hall–Kier alpha value is -0.610. The van der Waals surface area contributed by atoms with Crippen molar-refractivity contribution in [3.63, 3.8) is 0 Å². The van der Waals surface area contributed by atoms with Crippen molar-refractivity contribution in [2.24, 2.45) is 0 Å². The van der Waals surface area contributed by atoms with Crippen LogP contribution >= 0.6 is 0 Å². The smallest absolute Gasteiger partial charge is 0.236 e. The van der Waals surface area contributed by atoms with Crippen molar-refractivity contribution in [3.8, 4) is 0 Å². The van der Waals surface area contributed by atoms with Gasteiger partial charge in [0.1, 0.15) is 0 Å². The molecule has 0 aromatic carbocycles. The topological polar surface area (TPSA) is 52.6 Å². The van der Waals surface area contributed by atoms with Gasteiger partial charge in [-0.05, 0) is 27.7 Å². The monoisotopic (exact) mass is 202 g/mol. The summed E-state index contributed by atoms with van der Waals surface area (Å²) in [7, 11) is 1.78. The SMILES string of the molecule is CC(C)N(C)C(=O)CNCC(C)(C)O. The van der Waals surface area contributed by atoms with Gasteiger partial charge in [0, 0.05) is 19.6 Å². The van der Waals surface area contributed by atoms with Crippen LogP contribution in [0.2, 0.25) is 0 Å². The van der Waals surface area contributed by atoms with E-state index in [0.29, 0.717) is 6.54 Å². The molecule has 0 spiro atoms. The Balaban J connectivity index is 3.75. The number of aliphatic hydroxyl groups is 1. The van der Waals surface area contributed by atoms with Gasteiger partial charge in [-0.25, -0.2) is 0 Å². The fourth-order valence-corrected chi connectivity index (χ4v) is 0.888. The maximum Gasteiger partial charge on any atom is 0.236 e. The standard InChI is InChI=1S/C10H22N2O2/c1-8(2)12(5)9(13)6-11-7-10(3,4)14/h8,11,14H,6-7H2,1-5H3. The number of hydrogen-bond donors (Lipinski definition) is 2. The Labute approximate surface area is 86.3 Å². The first kappa shape index (κ1) is 13.4. The normalized spacial score (nSPS) is 11.9. The molecule has 0 aliphatic heterocycles. The van der Waals surface area contributed by atoms with Crippen LogP contribution in [0.5, 0.6) is 0 Å². The lowest BCUT2D eigenvalue weighted by Crippen LogP contribution is -2.43. The van der Waals surface area contributed by atoms with E-state index in [1.54, 1.807) is 25.8 Å². The zero-order valence-corrected chi connectivity index (χ0v) is 9.79. The van der Waals surface area contributed by atoms with Gasteiger partial charge in [-0.3, -0.25) is 4.79 Å². The molecule has 0 radical (unpaired) electrons. The fraction of sp³-hybridized carbons (Fsp3) is 0.900. The second-order valence-corrected chi connectivity index (χ2v) is 4.51. The second kappa shape index (κ2) is 5.32. The van der Waals surface area contributed by atoms with Crippen molar-refractivity contribution < 1.29 is 9.90 Å². The van der Waals surface area contributed by atoms with Crippen LogP contribution in [0.1, 0.15) is 27.7 Å². The molecule has 0 unspecified atom stereocenters. The van der Waals surface area contributed by atoms with E-state index in [4.69, 9.17) is 0 Å². The van der Waals surface area contributed by atoms with E-state index < -0.39 is 5.60 Å². The molecular formula is C10H22N2O2. The van der Waals surface area contributed by atoms with Crippen molar-refractivity contribution in [2.45, 2.75) is 39.3 Å². The first-order valence-electron chi connectivity index (χ1n) is 4.93. The molecule has 0 fully saturated rings. The lowest BCUT2D eigenvalue weighted by molar-refractivity contribution is -0.130. The Morgan fingerprint density at radius 1 is 1.50 bits per heavy atom. The number of nitrogens with one attached hydrogen (secondary N) is 1. The highest BCUT2D eigenvalue weighted by Crippen LogP contribution is 1.97. The Bertz CT molecular complexity index is 185. The zero-order chi connectivity index (χ0) is 11.4. The summed E-state index contributed by atoms with van der Waals surface area (Å²) in [4.78, 5) is 13.1. The van der Waals surface area contributed by atoms with Gasteiger partial charge in [-0.2, -0.15) is 0 Å². The average molecular weight is 202 g/mol. The Morgan fingerprint density at radius 3 is 2.36 bits per heavy atom.